The summed E-state index contributed by atoms with van der Waals surface area (Å²) in [5.74, 6) is -1.47. The second kappa shape index (κ2) is 62.5. The van der Waals surface area contributed by atoms with Crippen molar-refractivity contribution in [2.45, 2.75) is 374 Å². The minimum absolute atomic E-state index is 0.101. The van der Waals surface area contributed by atoms with Crippen LogP contribution in [0.2, 0.25) is 0 Å². The van der Waals surface area contributed by atoms with Gasteiger partial charge in [0.1, 0.15) is 19.3 Å². The third-order valence-corrected chi connectivity index (χ3v) is 17.9. The first kappa shape index (κ1) is 86.1. The summed E-state index contributed by atoms with van der Waals surface area (Å²) in [6, 6.07) is 0. The van der Waals surface area contributed by atoms with E-state index in [4.69, 9.17) is 37.0 Å². The van der Waals surface area contributed by atoms with Crippen molar-refractivity contribution in [2.24, 2.45) is 5.92 Å². The summed E-state index contributed by atoms with van der Waals surface area (Å²) >= 11 is 0. The first-order valence-corrected chi connectivity index (χ1v) is 39.1. The van der Waals surface area contributed by atoms with E-state index >= 15 is 0 Å². The highest BCUT2D eigenvalue weighted by Gasteiger charge is 2.30. The van der Waals surface area contributed by atoms with Crippen molar-refractivity contribution in [3.8, 4) is 0 Å². The summed E-state index contributed by atoms with van der Waals surface area (Å²) in [5, 5.41) is 10.5. The Balaban J connectivity index is 5.13. The van der Waals surface area contributed by atoms with Gasteiger partial charge >= 0.3 is 39.5 Å². The Bertz CT molecular complexity index is 1700. The van der Waals surface area contributed by atoms with Gasteiger partial charge in [-0.25, -0.2) is 9.13 Å². The summed E-state index contributed by atoms with van der Waals surface area (Å²) in [4.78, 5) is 72.1. The van der Waals surface area contributed by atoms with Crippen molar-refractivity contribution in [3.05, 3.63) is 0 Å². The number of hydrogen-bond acceptors (Lipinski definition) is 15. The number of aliphatic hydroxyl groups is 1. The van der Waals surface area contributed by atoms with Crippen LogP contribution in [0.15, 0.2) is 0 Å². The lowest BCUT2D eigenvalue weighted by Crippen LogP contribution is -2.30. The van der Waals surface area contributed by atoms with Crippen LogP contribution in [0.1, 0.15) is 356 Å². The lowest BCUT2D eigenvalue weighted by Gasteiger charge is -2.21. The van der Waals surface area contributed by atoms with Gasteiger partial charge in [-0.2, -0.15) is 0 Å². The van der Waals surface area contributed by atoms with Crippen LogP contribution in [0.4, 0.5) is 0 Å². The van der Waals surface area contributed by atoms with Crippen LogP contribution in [-0.2, 0) is 65.4 Å². The number of ether oxygens (including phenoxy) is 4. The molecule has 88 heavy (non-hydrogen) atoms. The maximum absolute atomic E-state index is 13.0. The van der Waals surface area contributed by atoms with Gasteiger partial charge in [-0.1, -0.05) is 304 Å². The molecule has 0 amide bonds. The molecular formula is C69H134O17P2. The van der Waals surface area contributed by atoms with Crippen molar-refractivity contribution >= 4 is 39.5 Å². The fraction of sp³-hybridized carbons (Fsp3) is 0.942. The third kappa shape index (κ3) is 62.8. The topological polar surface area (TPSA) is 237 Å². The predicted octanol–water partition coefficient (Wildman–Crippen LogP) is 19.7. The Morgan fingerprint density at radius 3 is 0.773 bits per heavy atom. The Hall–Kier alpha value is -1.94. The average Bonchev–Trinajstić information content (AvgIpc) is 3.59. The van der Waals surface area contributed by atoms with Gasteiger partial charge in [0.05, 0.1) is 26.4 Å². The molecule has 0 radical (unpaired) electrons. The number of hydrogen-bond donors (Lipinski definition) is 3. The fourth-order valence-corrected chi connectivity index (χ4v) is 12.0. The van der Waals surface area contributed by atoms with Crippen LogP contribution < -0.4 is 0 Å². The van der Waals surface area contributed by atoms with E-state index in [9.17, 15) is 43.2 Å². The molecule has 5 atom stereocenters. The molecular weight excluding hydrogens is 1160 g/mol. The minimum atomic E-state index is -4.95. The van der Waals surface area contributed by atoms with E-state index in [0.717, 1.165) is 96.3 Å². The molecule has 0 aromatic rings. The van der Waals surface area contributed by atoms with E-state index in [1.165, 1.54) is 173 Å². The van der Waals surface area contributed by atoms with Crippen molar-refractivity contribution in [1.82, 2.24) is 0 Å². The van der Waals surface area contributed by atoms with Gasteiger partial charge in [0.15, 0.2) is 12.2 Å². The van der Waals surface area contributed by atoms with Gasteiger partial charge in [-0.05, 0) is 31.6 Å². The molecule has 19 heteroatoms. The van der Waals surface area contributed by atoms with Crippen LogP contribution >= 0.6 is 15.6 Å². The number of esters is 4. The summed E-state index contributed by atoms with van der Waals surface area (Å²) in [6.45, 7) is 7.05. The van der Waals surface area contributed by atoms with Gasteiger partial charge < -0.3 is 33.8 Å². The number of carbonyl (C=O) groups excluding carboxylic acids is 4. The van der Waals surface area contributed by atoms with Crippen LogP contribution in [0.5, 0.6) is 0 Å². The smallest absolute Gasteiger partial charge is 0.462 e. The molecule has 0 aliphatic heterocycles. The monoisotopic (exact) mass is 1300 g/mol. The Kier molecular flexibility index (Phi) is 61.1. The zero-order valence-electron chi connectivity index (χ0n) is 56.9. The first-order chi connectivity index (χ1) is 42.5. The number of phosphoric ester groups is 2. The zero-order valence-corrected chi connectivity index (χ0v) is 58.6. The SMILES string of the molecule is CCCCCCCCCCCCCCCCCCCCCC(=O)O[C@H](COC(=O)CCCCCCCCCCCCCCCCC)COP(=O)(O)OC[C@@H](O)COP(=O)(O)OC[C@@H](COC(=O)CCCCCCC)OC(=O)CCCCCCCCC(C)C. The number of unbranched alkanes of at least 4 members (excludes halogenated alkanes) is 41. The van der Waals surface area contributed by atoms with Crippen LogP contribution in [-0.4, -0.2) is 96.7 Å². The fourth-order valence-electron chi connectivity index (χ4n) is 10.5. The van der Waals surface area contributed by atoms with Crippen molar-refractivity contribution in [1.29, 1.82) is 0 Å². The second-order valence-electron chi connectivity index (χ2n) is 25.4. The lowest BCUT2D eigenvalue weighted by atomic mass is 10.0. The molecule has 2 unspecified atom stereocenters. The van der Waals surface area contributed by atoms with E-state index < -0.39 is 97.5 Å². The lowest BCUT2D eigenvalue weighted by molar-refractivity contribution is -0.161. The van der Waals surface area contributed by atoms with Gasteiger partial charge in [0.25, 0.3) is 0 Å². The largest absolute Gasteiger partial charge is 0.472 e. The zero-order chi connectivity index (χ0) is 64.9. The first-order valence-electron chi connectivity index (χ1n) is 36.1. The van der Waals surface area contributed by atoms with Crippen LogP contribution in [0.25, 0.3) is 0 Å². The standard InChI is InChI=1S/C69H134O17P2/c1-6-9-12-15-17-19-21-23-25-26-27-28-30-32-34-36-38-44-49-54-68(73)85-65(59-80-67(72)53-48-43-37-35-33-31-29-24-22-20-18-16-13-10-7-2)61-84-88(77,78)82-57-63(70)56-81-87(75,76)83-60-64(58-79-66(71)52-47-41-14-11-8-3)86-69(74)55-50-45-40-39-42-46-51-62(4)5/h62-65,70H,6-61H2,1-5H3,(H,75,76)(H,77,78)/t63-,64+,65+/m0/s1. The Morgan fingerprint density at radius 2 is 0.523 bits per heavy atom. The molecule has 0 aromatic carbocycles. The Labute approximate surface area is 537 Å². The molecule has 0 saturated carbocycles. The molecule has 522 valence electrons. The molecule has 0 saturated heterocycles. The van der Waals surface area contributed by atoms with Crippen molar-refractivity contribution < 1.29 is 80.2 Å². The van der Waals surface area contributed by atoms with Crippen LogP contribution in [0, 0.1) is 5.92 Å². The molecule has 0 fully saturated rings. The molecule has 0 spiro atoms. The second-order valence-corrected chi connectivity index (χ2v) is 28.3. The molecule has 3 N–H and O–H groups in total. The molecule has 0 aliphatic rings. The molecule has 0 aliphatic carbocycles. The molecule has 0 aromatic heterocycles. The van der Waals surface area contributed by atoms with Gasteiger partial charge in [0.2, 0.25) is 0 Å². The van der Waals surface area contributed by atoms with Crippen molar-refractivity contribution in [2.75, 3.05) is 39.6 Å². The van der Waals surface area contributed by atoms with Gasteiger partial charge in [-0.3, -0.25) is 37.3 Å². The van der Waals surface area contributed by atoms with E-state index in [-0.39, 0.29) is 25.7 Å². The highest BCUT2D eigenvalue weighted by atomic mass is 31.2. The minimum Gasteiger partial charge on any atom is -0.462 e. The maximum atomic E-state index is 13.0. The van der Waals surface area contributed by atoms with E-state index in [0.29, 0.717) is 31.6 Å². The summed E-state index contributed by atoms with van der Waals surface area (Å²) in [5.41, 5.74) is 0. The highest BCUT2D eigenvalue weighted by molar-refractivity contribution is 7.47. The van der Waals surface area contributed by atoms with E-state index in [1.807, 2.05) is 0 Å². The van der Waals surface area contributed by atoms with E-state index in [2.05, 4.69) is 34.6 Å². The summed E-state index contributed by atoms with van der Waals surface area (Å²) < 4.78 is 68.0. The number of carbonyl (C=O) groups is 4. The summed E-state index contributed by atoms with van der Waals surface area (Å²) in [7, 11) is -9.88. The quantitative estimate of drug-likeness (QED) is 0.0222. The van der Waals surface area contributed by atoms with Crippen LogP contribution in [0.3, 0.4) is 0 Å². The van der Waals surface area contributed by atoms with Gasteiger partial charge in [0, 0.05) is 25.7 Å². The van der Waals surface area contributed by atoms with Crippen molar-refractivity contribution in [3.63, 3.8) is 0 Å². The molecule has 0 rings (SSSR count). The number of phosphoric acid groups is 2. The number of aliphatic hydroxyl groups excluding tert-OH is 1. The molecule has 17 nitrogen and oxygen atoms in total. The molecule has 0 heterocycles. The maximum Gasteiger partial charge on any atom is 0.472 e. The number of rotatable bonds is 69. The molecule has 0 bridgehead atoms. The summed E-state index contributed by atoms with van der Waals surface area (Å²) in [6.07, 6.45) is 49.3. The highest BCUT2D eigenvalue weighted by Crippen LogP contribution is 2.45. The normalized spacial score (nSPS) is 14.1. The third-order valence-electron chi connectivity index (χ3n) is 16.0. The Morgan fingerprint density at radius 1 is 0.307 bits per heavy atom. The van der Waals surface area contributed by atoms with E-state index in [1.54, 1.807) is 0 Å². The predicted molar refractivity (Wildman–Crippen MR) is 354 cm³/mol. The van der Waals surface area contributed by atoms with Gasteiger partial charge in [-0.15, -0.1) is 0 Å². The average molecular weight is 1300 g/mol.